The van der Waals surface area contributed by atoms with Crippen molar-refractivity contribution in [3.8, 4) is 16.2 Å². The summed E-state index contributed by atoms with van der Waals surface area (Å²) in [5.74, 6) is 1.15. The maximum Gasteiger partial charge on any atom is 0.390 e. The quantitative estimate of drug-likeness (QED) is 0.595. The monoisotopic (exact) mass is 371 g/mol. The molecule has 136 valence electrons. The van der Waals surface area contributed by atoms with Crippen LogP contribution >= 0.6 is 11.3 Å². The lowest BCUT2D eigenvalue weighted by molar-refractivity contribution is -0.132. The Balaban J connectivity index is 1.87. The fraction of sp³-hybridized carbons (Fsp3) is 0.353. The number of nitrogens with zero attached hydrogens (tertiary/aromatic N) is 1. The predicted octanol–water partition coefficient (Wildman–Crippen LogP) is 4.04. The zero-order valence-electron chi connectivity index (χ0n) is 14.0. The van der Waals surface area contributed by atoms with E-state index in [1.165, 1.54) is 7.05 Å². The van der Waals surface area contributed by atoms with Gasteiger partial charge in [-0.15, -0.1) is 11.3 Å². The molecular formula is C17H20F3N3OS. The number of nitrogens with one attached hydrogen (secondary N) is 2. The molecule has 4 nitrogen and oxygen atoms in total. The van der Waals surface area contributed by atoms with Gasteiger partial charge in [-0.25, -0.2) is 0 Å². The molecular weight excluding hydrogens is 351 g/mol. The van der Waals surface area contributed by atoms with Crippen LogP contribution in [0.2, 0.25) is 0 Å². The second kappa shape index (κ2) is 8.75. The van der Waals surface area contributed by atoms with E-state index in [1.54, 1.807) is 18.4 Å². The summed E-state index contributed by atoms with van der Waals surface area (Å²) in [5, 5.41) is 5.67. The summed E-state index contributed by atoms with van der Waals surface area (Å²) in [6, 6.07) is 11.8. The molecule has 0 aliphatic rings. The molecule has 0 aliphatic heterocycles. The first-order valence-corrected chi connectivity index (χ1v) is 8.47. The van der Waals surface area contributed by atoms with Crippen molar-refractivity contribution < 1.29 is 17.9 Å². The van der Waals surface area contributed by atoms with E-state index in [2.05, 4.69) is 15.6 Å². The second-order valence-corrected chi connectivity index (χ2v) is 6.38. The highest BCUT2D eigenvalue weighted by atomic mass is 32.1. The van der Waals surface area contributed by atoms with Crippen molar-refractivity contribution in [3.05, 3.63) is 41.3 Å². The maximum absolute atomic E-state index is 12.2. The van der Waals surface area contributed by atoms with E-state index in [1.807, 2.05) is 36.4 Å². The van der Waals surface area contributed by atoms with Crippen LogP contribution in [-0.4, -0.2) is 32.8 Å². The minimum atomic E-state index is -4.17. The highest BCUT2D eigenvalue weighted by molar-refractivity contribution is 7.15. The number of methoxy groups -OCH3 is 1. The fourth-order valence-corrected chi connectivity index (χ4v) is 3.05. The van der Waals surface area contributed by atoms with E-state index in [4.69, 9.17) is 4.74 Å². The van der Waals surface area contributed by atoms with Crippen LogP contribution in [0.25, 0.3) is 10.4 Å². The van der Waals surface area contributed by atoms with Gasteiger partial charge < -0.3 is 15.4 Å². The van der Waals surface area contributed by atoms with Crippen molar-refractivity contribution in [1.29, 1.82) is 0 Å². The Morgan fingerprint density at radius 3 is 2.44 bits per heavy atom. The van der Waals surface area contributed by atoms with Gasteiger partial charge in [0.15, 0.2) is 5.96 Å². The summed E-state index contributed by atoms with van der Waals surface area (Å²) in [6.45, 7) is 0.289. The average Bonchev–Trinajstić information content (AvgIpc) is 3.06. The standard InChI is InChI=1S/C17H20F3N3OS/c1-21-16(22-10-9-17(18,19)20)23-11-14-7-8-15(25-14)12-3-5-13(24-2)6-4-12/h3-8H,9-11H2,1-2H3,(H2,21,22,23). The van der Waals surface area contributed by atoms with E-state index in [-0.39, 0.29) is 6.54 Å². The van der Waals surface area contributed by atoms with Gasteiger partial charge in [0.25, 0.3) is 0 Å². The largest absolute Gasteiger partial charge is 0.497 e. The molecule has 0 saturated carbocycles. The van der Waals surface area contributed by atoms with Crippen LogP contribution in [0.3, 0.4) is 0 Å². The van der Waals surface area contributed by atoms with E-state index in [0.29, 0.717) is 12.5 Å². The van der Waals surface area contributed by atoms with Crippen molar-refractivity contribution in [2.45, 2.75) is 19.1 Å². The summed E-state index contributed by atoms with van der Waals surface area (Å²) in [5.41, 5.74) is 1.09. The molecule has 0 aliphatic carbocycles. The molecule has 0 amide bonds. The normalized spacial score (nSPS) is 12.1. The number of alkyl halides is 3. The molecule has 25 heavy (non-hydrogen) atoms. The van der Waals surface area contributed by atoms with Crippen LogP contribution in [-0.2, 0) is 6.54 Å². The molecule has 0 atom stereocenters. The molecule has 1 aromatic carbocycles. The van der Waals surface area contributed by atoms with E-state index >= 15 is 0 Å². The molecule has 2 aromatic rings. The minimum absolute atomic E-state index is 0.204. The van der Waals surface area contributed by atoms with E-state index < -0.39 is 12.6 Å². The molecule has 2 rings (SSSR count). The lowest BCUT2D eigenvalue weighted by Gasteiger charge is -2.12. The Kier molecular flexibility index (Phi) is 6.69. The van der Waals surface area contributed by atoms with Crippen LogP contribution in [0.4, 0.5) is 13.2 Å². The molecule has 1 heterocycles. The molecule has 8 heteroatoms. The first-order chi connectivity index (χ1) is 11.9. The van der Waals surface area contributed by atoms with Crippen LogP contribution < -0.4 is 15.4 Å². The predicted molar refractivity (Wildman–Crippen MR) is 95.2 cm³/mol. The number of aliphatic imine (C=N–C) groups is 1. The third-order valence-electron chi connectivity index (χ3n) is 3.39. The first kappa shape index (κ1) is 19.1. The molecule has 0 bridgehead atoms. The number of hydrogen-bond donors (Lipinski definition) is 2. The Bertz CT molecular complexity index is 696. The van der Waals surface area contributed by atoms with Crippen molar-refractivity contribution in [3.63, 3.8) is 0 Å². The second-order valence-electron chi connectivity index (χ2n) is 5.21. The van der Waals surface area contributed by atoms with Crippen LogP contribution in [0.1, 0.15) is 11.3 Å². The van der Waals surface area contributed by atoms with Crippen LogP contribution in [0.5, 0.6) is 5.75 Å². The number of ether oxygens (including phenoxy) is 1. The Hall–Kier alpha value is -2.22. The first-order valence-electron chi connectivity index (χ1n) is 7.65. The molecule has 0 fully saturated rings. The number of thiophene rings is 1. The summed E-state index contributed by atoms with van der Waals surface area (Å²) in [6.07, 6.45) is -5.07. The smallest absolute Gasteiger partial charge is 0.390 e. The zero-order chi connectivity index (χ0) is 18.3. The Morgan fingerprint density at radius 1 is 1.12 bits per heavy atom. The number of hydrogen-bond acceptors (Lipinski definition) is 3. The number of benzene rings is 1. The summed E-state index contributed by atoms with van der Waals surface area (Å²) >= 11 is 1.61. The summed E-state index contributed by atoms with van der Waals surface area (Å²) < 4.78 is 41.6. The molecule has 0 unspecified atom stereocenters. The summed E-state index contributed by atoms with van der Waals surface area (Å²) in [7, 11) is 3.15. The average molecular weight is 371 g/mol. The third kappa shape index (κ3) is 6.30. The van der Waals surface area contributed by atoms with Gasteiger partial charge in [0, 0.05) is 23.3 Å². The van der Waals surface area contributed by atoms with Gasteiger partial charge in [0.1, 0.15) is 5.75 Å². The summed E-state index contributed by atoms with van der Waals surface area (Å²) in [4.78, 5) is 6.09. The van der Waals surface area contributed by atoms with Gasteiger partial charge >= 0.3 is 6.18 Å². The Labute approximate surface area is 148 Å². The van der Waals surface area contributed by atoms with Crippen LogP contribution in [0.15, 0.2) is 41.4 Å². The van der Waals surface area contributed by atoms with E-state index in [0.717, 1.165) is 21.1 Å². The van der Waals surface area contributed by atoms with Gasteiger partial charge in [-0.1, -0.05) is 0 Å². The molecule has 0 saturated heterocycles. The maximum atomic E-state index is 12.2. The fourth-order valence-electron chi connectivity index (χ4n) is 2.10. The molecule has 0 spiro atoms. The van der Waals surface area contributed by atoms with Gasteiger partial charge in [0.05, 0.1) is 20.1 Å². The van der Waals surface area contributed by atoms with Gasteiger partial charge in [-0.05, 0) is 42.0 Å². The van der Waals surface area contributed by atoms with Crippen LogP contribution in [0, 0.1) is 0 Å². The van der Waals surface area contributed by atoms with Crippen molar-refractivity contribution in [1.82, 2.24) is 10.6 Å². The highest BCUT2D eigenvalue weighted by Crippen LogP contribution is 2.29. The lowest BCUT2D eigenvalue weighted by atomic mass is 10.2. The van der Waals surface area contributed by atoms with E-state index in [9.17, 15) is 13.2 Å². The third-order valence-corrected chi connectivity index (χ3v) is 4.53. The molecule has 1 aromatic heterocycles. The minimum Gasteiger partial charge on any atom is -0.497 e. The molecule has 2 N–H and O–H groups in total. The number of halogens is 3. The SMILES string of the molecule is CN=C(NCCC(F)(F)F)NCc1ccc(-c2ccc(OC)cc2)s1. The topological polar surface area (TPSA) is 45.7 Å². The molecule has 0 radical (unpaired) electrons. The highest BCUT2D eigenvalue weighted by Gasteiger charge is 2.26. The van der Waals surface area contributed by atoms with Crippen molar-refractivity contribution in [2.24, 2.45) is 4.99 Å². The van der Waals surface area contributed by atoms with Gasteiger partial charge in [-0.2, -0.15) is 13.2 Å². The van der Waals surface area contributed by atoms with Crippen molar-refractivity contribution >= 4 is 17.3 Å². The van der Waals surface area contributed by atoms with Gasteiger partial charge in [-0.3, -0.25) is 4.99 Å². The number of rotatable bonds is 6. The lowest BCUT2D eigenvalue weighted by Crippen LogP contribution is -2.38. The number of guanidine groups is 1. The zero-order valence-corrected chi connectivity index (χ0v) is 14.8. The Morgan fingerprint density at radius 2 is 1.84 bits per heavy atom. The van der Waals surface area contributed by atoms with Gasteiger partial charge in [0.2, 0.25) is 0 Å². The van der Waals surface area contributed by atoms with Crippen molar-refractivity contribution in [2.75, 3.05) is 20.7 Å².